The molecule has 0 bridgehead atoms. The van der Waals surface area contributed by atoms with E-state index in [-0.39, 0.29) is 23.7 Å². The van der Waals surface area contributed by atoms with E-state index in [1.807, 2.05) is 30.3 Å². The summed E-state index contributed by atoms with van der Waals surface area (Å²) in [7, 11) is 1.29. The van der Waals surface area contributed by atoms with Crippen molar-refractivity contribution in [1.82, 2.24) is 15.3 Å². The zero-order valence-electron chi connectivity index (χ0n) is 19.6. The molecule has 180 valence electrons. The van der Waals surface area contributed by atoms with Gasteiger partial charge in [-0.25, -0.2) is 9.78 Å². The number of rotatable bonds is 7. The highest BCUT2D eigenvalue weighted by Gasteiger charge is 2.40. The van der Waals surface area contributed by atoms with E-state index in [9.17, 15) is 14.4 Å². The van der Waals surface area contributed by atoms with Crippen molar-refractivity contribution >= 4 is 23.5 Å². The lowest BCUT2D eigenvalue weighted by atomic mass is 9.68. The first-order valence-electron chi connectivity index (χ1n) is 11.7. The predicted molar refractivity (Wildman–Crippen MR) is 131 cm³/mol. The number of hydrogen-bond acceptors (Lipinski definition) is 6. The van der Waals surface area contributed by atoms with Crippen LogP contribution in [0, 0.1) is 0 Å². The van der Waals surface area contributed by atoms with E-state index in [0.29, 0.717) is 11.3 Å². The van der Waals surface area contributed by atoms with Crippen molar-refractivity contribution in [2.75, 3.05) is 12.4 Å². The van der Waals surface area contributed by atoms with Crippen molar-refractivity contribution in [3.8, 4) is 0 Å². The number of aromatic nitrogens is 2. The molecular formula is C27H28N4O4. The third-order valence-electron chi connectivity index (χ3n) is 6.39. The van der Waals surface area contributed by atoms with Crippen molar-refractivity contribution in [3.05, 3.63) is 89.5 Å². The molecule has 2 N–H and O–H groups in total. The van der Waals surface area contributed by atoms with Crippen LogP contribution in [0.5, 0.6) is 0 Å². The number of carbonyl (C=O) groups is 3. The fourth-order valence-electron chi connectivity index (χ4n) is 4.62. The Balaban J connectivity index is 1.55. The molecule has 1 aromatic heterocycles. The first-order chi connectivity index (χ1) is 17.0. The molecule has 1 heterocycles. The molecule has 1 aliphatic carbocycles. The summed E-state index contributed by atoms with van der Waals surface area (Å²) in [6.07, 6.45) is 8.97. The van der Waals surface area contributed by atoms with Crippen LogP contribution in [0.1, 0.15) is 64.1 Å². The quantitative estimate of drug-likeness (QED) is 0.502. The van der Waals surface area contributed by atoms with Crippen molar-refractivity contribution < 1.29 is 19.1 Å². The van der Waals surface area contributed by atoms with E-state index >= 15 is 0 Å². The van der Waals surface area contributed by atoms with E-state index in [1.165, 1.54) is 31.8 Å². The Bertz CT molecular complexity index is 1190. The molecule has 8 heteroatoms. The number of anilines is 1. The van der Waals surface area contributed by atoms with Gasteiger partial charge in [-0.05, 0) is 42.2 Å². The van der Waals surface area contributed by atoms with Gasteiger partial charge >= 0.3 is 5.97 Å². The lowest BCUT2D eigenvalue weighted by Gasteiger charge is -2.36. The summed E-state index contributed by atoms with van der Waals surface area (Å²) in [6.45, 7) is 0.201. The Hall–Kier alpha value is -4.07. The summed E-state index contributed by atoms with van der Waals surface area (Å²) in [5.41, 5.74) is 1.93. The Morgan fingerprint density at radius 1 is 1.00 bits per heavy atom. The molecule has 0 aliphatic heterocycles. The molecule has 35 heavy (non-hydrogen) atoms. The van der Waals surface area contributed by atoms with Crippen LogP contribution in [0.3, 0.4) is 0 Å². The van der Waals surface area contributed by atoms with Crippen LogP contribution < -0.4 is 10.6 Å². The Morgan fingerprint density at radius 2 is 1.77 bits per heavy atom. The zero-order chi connectivity index (χ0) is 24.7. The summed E-state index contributed by atoms with van der Waals surface area (Å²) in [5, 5.41) is 5.82. The van der Waals surface area contributed by atoms with E-state index in [2.05, 4.69) is 20.6 Å². The molecule has 1 saturated carbocycles. The number of nitrogens with one attached hydrogen (secondary N) is 2. The fraction of sp³-hybridized carbons (Fsp3) is 0.296. The van der Waals surface area contributed by atoms with Gasteiger partial charge < -0.3 is 15.4 Å². The second kappa shape index (κ2) is 10.9. The number of ether oxygens (including phenoxy) is 1. The van der Waals surface area contributed by atoms with Crippen LogP contribution in [-0.4, -0.2) is 34.9 Å². The largest absolute Gasteiger partial charge is 0.465 e. The number of carbonyl (C=O) groups excluding carboxylic acids is 3. The van der Waals surface area contributed by atoms with Crippen LogP contribution in [0.4, 0.5) is 5.69 Å². The second-order valence-corrected chi connectivity index (χ2v) is 8.65. The van der Waals surface area contributed by atoms with E-state index in [4.69, 9.17) is 4.74 Å². The maximum Gasteiger partial charge on any atom is 0.337 e. The third kappa shape index (κ3) is 5.54. The highest BCUT2D eigenvalue weighted by molar-refractivity contribution is 6.03. The van der Waals surface area contributed by atoms with Gasteiger partial charge in [0.25, 0.3) is 5.91 Å². The molecule has 0 atom stereocenters. The Labute approximate surface area is 204 Å². The molecule has 0 radical (unpaired) electrons. The summed E-state index contributed by atoms with van der Waals surface area (Å²) in [5.74, 6) is -1.03. The van der Waals surface area contributed by atoms with Crippen LogP contribution in [0.15, 0.2) is 67.1 Å². The average Bonchev–Trinajstić information content (AvgIpc) is 2.92. The number of methoxy groups -OCH3 is 1. The molecule has 0 unspecified atom stereocenters. The monoisotopic (exact) mass is 472 g/mol. The molecule has 1 aliphatic rings. The lowest BCUT2D eigenvalue weighted by molar-refractivity contribution is -0.128. The van der Waals surface area contributed by atoms with Crippen LogP contribution in [-0.2, 0) is 21.5 Å². The van der Waals surface area contributed by atoms with Gasteiger partial charge in [0.1, 0.15) is 5.69 Å². The van der Waals surface area contributed by atoms with Crippen LogP contribution >= 0.6 is 0 Å². The standard InChI is InChI=1S/C27H28N4O4/c1-35-25(33)20-14-19(15-22(16-20)31-24(32)23-18-28-12-13-29-23)17-30-26(34)27(10-6-3-7-11-27)21-8-4-2-5-9-21/h2,4-5,8-9,12-16,18H,3,6-7,10-11,17H2,1H3,(H,30,34)(H,31,32). The number of esters is 1. The minimum Gasteiger partial charge on any atom is -0.465 e. The van der Waals surface area contributed by atoms with Gasteiger partial charge in [0, 0.05) is 24.6 Å². The summed E-state index contributed by atoms with van der Waals surface area (Å²) >= 11 is 0. The molecule has 4 rings (SSSR count). The second-order valence-electron chi connectivity index (χ2n) is 8.65. The molecule has 2 aromatic carbocycles. The molecule has 0 saturated heterocycles. The van der Waals surface area contributed by atoms with Gasteiger partial charge in [-0.1, -0.05) is 49.6 Å². The highest BCUT2D eigenvalue weighted by atomic mass is 16.5. The van der Waals surface area contributed by atoms with Gasteiger partial charge in [0.05, 0.1) is 24.3 Å². The van der Waals surface area contributed by atoms with Gasteiger partial charge in [0.2, 0.25) is 5.91 Å². The third-order valence-corrected chi connectivity index (χ3v) is 6.39. The maximum absolute atomic E-state index is 13.5. The zero-order valence-corrected chi connectivity index (χ0v) is 19.6. The minimum absolute atomic E-state index is 0.0305. The van der Waals surface area contributed by atoms with Crippen LogP contribution in [0.25, 0.3) is 0 Å². The lowest BCUT2D eigenvalue weighted by Crippen LogP contribution is -2.45. The molecule has 3 aromatic rings. The minimum atomic E-state index is -0.567. The van der Waals surface area contributed by atoms with Crippen molar-refractivity contribution in [1.29, 1.82) is 0 Å². The fourth-order valence-corrected chi connectivity index (χ4v) is 4.62. The van der Waals surface area contributed by atoms with Crippen molar-refractivity contribution in [2.45, 2.75) is 44.1 Å². The van der Waals surface area contributed by atoms with Gasteiger partial charge in [-0.2, -0.15) is 0 Å². The molecule has 8 nitrogen and oxygen atoms in total. The topological polar surface area (TPSA) is 110 Å². The average molecular weight is 473 g/mol. The number of nitrogens with zero attached hydrogens (tertiary/aromatic N) is 2. The molecular weight excluding hydrogens is 444 g/mol. The first kappa shape index (κ1) is 24.1. The smallest absolute Gasteiger partial charge is 0.337 e. The van der Waals surface area contributed by atoms with Gasteiger partial charge in [-0.3, -0.25) is 14.6 Å². The van der Waals surface area contributed by atoms with Crippen LogP contribution in [0.2, 0.25) is 0 Å². The predicted octanol–water partition coefficient (Wildman–Crippen LogP) is 4.03. The first-order valence-corrected chi connectivity index (χ1v) is 11.7. The summed E-state index contributed by atoms with van der Waals surface area (Å²) in [6, 6.07) is 14.8. The normalized spacial score (nSPS) is 14.5. The highest BCUT2D eigenvalue weighted by Crippen LogP contribution is 2.39. The van der Waals surface area contributed by atoms with Gasteiger partial charge in [-0.15, -0.1) is 0 Å². The summed E-state index contributed by atoms with van der Waals surface area (Å²) in [4.78, 5) is 46.2. The maximum atomic E-state index is 13.5. The van der Waals surface area contributed by atoms with Gasteiger partial charge in [0.15, 0.2) is 0 Å². The summed E-state index contributed by atoms with van der Waals surface area (Å²) < 4.78 is 4.87. The van der Waals surface area contributed by atoms with E-state index in [1.54, 1.807) is 12.1 Å². The van der Waals surface area contributed by atoms with Crippen molar-refractivity contribution in [2.24, 2.45) is 0 Å². The number of amides is 2. The van der Waals surface area contributed by atoms with Crippen molar-refractivity contribution in [3.63, 3.8) is 0 Å². The number of hydrogen-bond donors (Lipinski definition) is 2. The molecule has 0 spiro atoms. The SMILES string of the molecule is COC(=O)c1cc(CNC(=O)C2(c3ccccc3)CCCCC2)cc(NC(=O)c2cnccn2)c1. The van der Waals surface area contributed by atoms with E-state index < -0.39 is 17.3 Å². The molecule has 2 amide bonds. The Morgan fingerprint density at radius 3 is 2.46 bits per heavy atom. The molecule has 1 fully saturated rings. The number of benzene rings is 2. The van der Waals surface area contributed by atoms with E-state index in [0.717, 1.165) is 37.7 Å². The Kier molecular flexibility index (Phi) is 7.50.